The molecule has 0 spiro atoms. The second-order valence-electron chi connectivity index (χ2n) is 6.83. The number of hydrogen-bond acceptors (Lipinski definition) is 6. The number of carbonyl (C=O) groups is 1. The summed E-state index contributed by atoms with van der Waals surface area (Å²) in [5, 5.41) is 2.74. The number of aromatic nitrogens is 3. The van der Waals surface area contributed by atoms with Crippen LogP contribution in [0.15, 0.2) is 101 Å². The topological polar surface area (TPSA) is 145 Å². The molecule has 0 aliphatic heterocycles. The summed E-state index contributed by atoms with van der Waals surface area (Å²) < 4.78 is 0. The molecule has 0 atom stereocenters. The van der Waals surface area contributed by atoms with E-state index in [0.717, 1.165) is 0 Å². The van der Waals surface area contributed by atoms with Crippen LogP contribution in [-0.4, -0.2) is 32.5 Å². The smallest absolute Gasteiger partial charge is 0.256 e. The van der Waals surface area contributed by atoms with Crippen molar-refractivity contribution in [1.29, 1.82) is 0 Å². The normalized spacial score (nSPS) is 11.1. The van der Waals surface area contributed by atoms with Gasteiger partial charge in [0.1, 0.15) is 28.9 Å². The number of anilines is 1. The van der Waals surface area contributed by atoms with E-state index in [0.29, 0.717) is 40.0 Å². The number of rotatable bonds is 6. The molecule has 0 aliphatic rings. The molecule has 0 aliphatic carbocycles. The van der Waals surface area contributed by atoms with Gasteiger partial charge < -0.3 is 16.8 Å². The van der Waals surface area contributed by atoms with Gasteiger partial charge in [0.2, 0.25) is 0 Å². The second-order valence-corrected chi connectivity index (χ2v) is 6.83. The molecule has 4 rings (SSSR count). The number of amides is 1. The molecular formula is C24H22Cl2N8O. The highest BCUT2D eigenvalue weighted by atomic mass is 35.5. The maximum atomic E-state index is 12.5. The zero-order valence-corrected chi connectivity index (χ0v) is 19.9. The van der Waals surface area contributed by atoms with E-state index in [1.54, 1.807) is 73.1 Å². The Morgan fingerprint density at radius 3 is 1.71 bits per heavy atom. The quantitative estimate of drug-likeness (QED) is 0.264. The van der Waals surface area contributed by atoms with E-state index >= 15 is 0 Å². The predicted octanol–water partition coefficient (Wildman–Crippen LogP) is 4.04. The molecule has 4 aromatic rings. The van der Waals surface area contributed by atoms with Crippen LogP contribution in [0.1, 0.15) is 21.7 Å². The summed E-state index contributed by atoms with van der Waals surface area (Å²) in [5.74, 6) is 0.654. The highest BCUT2D eigenvalue weighted by Gasteiger charge is 2.08. The number of nitrogens with one attached hydrogen (secondary N) is 1. The Balaban J connectivity index is 0.00000216. The van der Waals surface area contributed by atoms with Gasteiger partial charge in [0, 0.05) is 18.0 Å². The van der Waals surface area contributed by atoms with Crippen LogP contribution in [0.5, 0.6) is 0 Å². The van der Waals surface area contributed by atoms with Crippen molar-refractivity contribution < 1.29 is 4.79 Å². The Morgan fingerprint density at radius 2 is 1.23 bits per heavy atom. The third-order valence-corrected chi connectivity index (χ3v) is 4.47. The SMILES string of the molecule is Cl.Cl.NC(=Nc1ccc(C(=O)Nc2ccc(N=C(N)c3ccccn3)cn2)cc1)c1ccccn1. The second kappa shape index (κ2) is 12.8. The van der Waals surface area contributed by atoms with Crippen molar-refractivity contribution >= 4 is 59.6 Å². The maximum Gasteiger partial charge on any atom is 0.256 e. The summed E-state index contributed by atoms with van der Waals surface area (Å²) in [6.07, 6.45) is 4.81. The number of halogens is 2. The van der Waals surface area contributed by atoms with Gasteiger partial charge in [-0.3, -0.25) is 14.8 Å². The van der Waals surface area contributed by atoms with Gasteiger partial charge in [0.25, 0.3) is 5.91 Å². The third kappa shape index (κ3) is 7.32. The first-order valence-electron chi connectivity index (χ1n) is 9.97. The largest absolute Gasteiger partial charge is 0.382 e. The molecule has 1 aromatic carbocycles. The van der Waals surface area contributed by atoms with Gasteiger partial charge in [-0.25, -0.2) is 15.0 Å². The number of amidine groups is 2. The molecular weight excluding hydrogens is 487 g/mol. The Kier molecular flexibility index (Phi) is 9.83. The van der Waals surface area contributed by atoms with Gasteiger partial charge in [-0.1, -0.05) is 12.1 Å². The van der Waals surface area contributed by atoms with Crippen molar-refractivity contribution in [2.45, 2.75) is 0 Å². The van der Waals surface area contributed by atoms with Gasteiger partial charge in [0.05, 0.1) is 17.6 Å². The number of hydrogen-bond donors (Lipinski definition) is 3. The number of nitrogens with zero attached hydrogens (tertiary/aromatic N) is 5. The fraction of sp³-hybridized carbons (Fsp3) is 0. The molecule has 0 unspecified atom stereocenters. The lowest BCUT2D eigenvalue weighted by molar-refractivity contribution is 0.102. The van der Waals surface area contributed by atoms with E-state index in [2.05, 4.69) is 30.3 Å². The number of aliphatic imine (C=N–C) groups is 2. The standard InChI is InChI=1S/C24H20N8O.2ClH/c25-22(19-5-1-3-13-27-19)30-17-9-7-16(8-10-17)24(33)32-21-12-11-18(15-29-21)31-23(26)20-6-2-4-14-28-20;;/h1-15H,(H2,25,30)(H2,26,31)(H,29,32,33);2*1H. The van der Waals surface area contributed by atoms with E-state index in [1.165, 1.54) is 6.20 Å². The van der Waals surface area contributed by atoms with E-state index in [-0.39, 0.29) is 36.6 Å². The Bertz CT molecular complexity index is 1300. The van der Waals surface area contributed by atoms with Crippen LogP contribution in [0.3, 0.4) is 0 Å². The lowest BCUT2D eigenvalue weighted by Crippen LogP contribution is -2.14. The molecule has 3 aromatic heterocycles. The molecule has 35 heavy (non-hydrogen) atoms. The summed E-state index contributed by atoms with van der Waals surface area (Å²) in [7, 11) is 0. The molecule has 0 radical (unpaired) electrons. The summed E-state index contributed by atoms with van der Waals surface area (Å²) in [4.78, 5) is 33.7. The minimum atomic E-state index is -0.306. The fourth-order valence-corrected chi connectivity index (χ4v) is 2.82. The van der Waals surface area contributed by atoms with Crippen LogP contribution in [-0.2, 0) is 0 Å². The van der Waals surface area contributed by atoms with Crippen LogP contribution in [0.2, 0.25) is 0 Å². The van der Waals surface area contributed by atoms with Gasteiger partial charge in [0.15, 0.2) is 0 Å². The van der Waals surface area contributed by atoms with Gasteiger partial charge >= 0.3 is 0 Å². The molecule has 11 heteroatoms. The first-order chi connectivity index (χ1) is 16.1. The van der Waals surface area contributed by atoms with Gasteiger partial charge in [-0.2, -0.15) is 0 Å². The molecule has 0 saturated carbocycles. The molecule has 1 amide bonds. The Morgan fingerprint density at radius 1 is 0.686 bits per heavy atom. The van der Waals surface area contributed by atoms with Crippen LogP contribution < -0.4 is 16.8 Å². The average Bonchev–Trinajstić information content (AvgIpc) is 2.86. The minimum absolute atomic E-state index is 0. The lowest BCUT2D eigenvalue weighted by Gasteiger charge is -2.06. The summed E-state index contributed by atoms with van der Waals surface area (Å²) in [5.41, 5.74) is 14.7. The fourth-order valence-electron chi connectivity index (χ4n) is 2.82. The minimum Gasteiger partial charge on any atom is -0.382 e. The molecule has 3 heterocycles. The van der Waals surface area contributed by atoms with Crippen LogP contribution >= 0.6 is 24.8 Å². The van der Waals surface area contributed by atoms with E-state index in [4.69, 9.17) is 11.5 Å². The Hall–Kier alpha value is -4.34. The molecule has 0 bridgehead atoms. The van der Waals surface area contributed by atoms with Gasteiger partial charge in [-0.15, -0.1) is 24.8 Å². The van der Waals surface area contributed by atoms with Crippen molar-refractivity contribution in [1.82, 2.24) is 15.0 Å². The van der Waals surface area contributed by atoms with Crippen molar-refractivity contribution in [2.75, 3.05) is 5.32 Å². The monoisotopic (exact) mass is 508 g/mol. The van der Waals surface area contributed by atoms with Crippen molar-refractivity contribution in [3.05, 3.63) is 108 Å². The predicted molar refractivity (Wildman–Crippen MR) is 142 cm³/mol. The van der Waals surface area contributed by atoms with E-state index in [1.807, 2.05) is 12.1 Å². The van der Waals surface area contributed by atoms with Crippen LogP contribution in [0.4, 0.5) is 17.2 Å². The van der Waals surface area contributed by atoms with E-state index in [9.17, 15) is 4.79 Å². The van der Waals surface area contributed by atoms with Crippen LogP contribution in [0.25, 0.3) is 0 Å². The number of carbonyl (C=O) groups excluding carboxylic acids is 1. The summed E-state index contributed by atoms with van der Waals surface area (Å²) in [6, 6.07) is 20.9. The molecule has 0 fully saturated rings. The summed E-state index contributed by atoms with van der Waals surface area (Å²) in [6.45, 7) is 0. The highest BCUT2D eigenvalue weighted by molar-refractivity contribution is 6.04. The van der Waals surface area contributed by atoms with Crippen molar-refractivity contribution in [3.8, 4) is 0 Å². The molecule has 0 saturated heterocycles. The average molecular weight is 509 g/mol. The number of benzene rings is 1. The van der Waals surface area contributed by atoms with E-state index < -0.39 is 0 Å². The number of pyridine rings is 3. The first kappa shape index (κ1) is 26.9. The number of nitrogens with two attached hydrogens (primary N) is 2. The lowest BCUT2D eigenvalue weighted by atomic mass is 10.2. The zero-order valence-electron chi connectivity index (χ0n) is 18.3. The first-order valence-corrected chi connectivity index (χ1v) is 9.97. The highest BCUT2D eigenvalue weighted by Crippen LogP contribution is 2.17. The maximum absolute atomic E-state index is 12.5. The molecule has 9 nitrogen and oxygen atoms in total. The zero-order chi connectivity index (χ0) is 23.0. The van der Waals surface area contributed by atoms with Gasteiger partial charge in [-0.05, 0) is 60.7 Å². The van der Waals surface area contributed by atoms with Crippen LogP contribution in [0, 0.1) is 0 Å². The third-order valence-electron chi connectivity index (χ3n) is 4.47. The molecule has 5 N–H and O–H groups in total. The Labute approximate surface area is 214 Å². The van der Waals surface area contributed by atoms with Crippen molar-refractivity contribution in [2.24, 2.45) is 21.5 Å². The van der Waals surface area contributed by atoms with Crippen molar-refractivity contribution in [3.63, 3.8) is 0 Å². The molecule has 178 valence electrons. The summed E-state index contributed by atoms with van der Waals surface area (Å²) >= 11 is 0.